The Morgan fingerprint density at radius 1 is 1.03 bits per heavy atom. The Morgan fingerprint density at radius 3 is 2.50 bits per heavy atom. The molecular formula is C25H27N5O3S. The summed E-state index contributed by atoms with van der Waals surface area (Å²) in [5.41, 5.74) is 4.74. The molecule has 5 rings (SSSR count). The zero-order chi connectivity index (χ0) is 23.8. The van der Waals surface area contributed by atoms with E-state index in [0.717, 1.165) is 32.0 Å². The van der Waals surface area contributed by atoms with Crippen molar-refractivity contribution in [2.24, 2.45) is 5.92 Å². The summed E-state index contributed by atoms with van der Waals surface area (Å²) in [5, 5.41) is 37.7. The lowest BCUT2D eigenvalue weighted by molar-refractivity contribution is 0.00446. The van der Waals surface area contributed by atoms with Gasteiger partial charge in [0, 0.05) is 24.4 Å². The Morgan fingerprint density at radius 2 is 1.79 bits per heavy atom. The van der Waals surface area contributed by atoms with E-state index < -0.39 is 24.2 Å². The van der Waals surface area contributed by atoms with Gasteiger partial charge < -0.3 is 26.0 Å². The normalized spacial score (nSPS) is 22.3. The number of aliphatic hydroxyl groups excluding tert-OH is 3. The molecule has 4 atom stereocenters. The number of hydrogen-bond donors (Lipinski definition) is 5. The van der Waals surface area contributed by atoms with E-state index in [4.69, 9.17) is 9.97 Å². The lowest BCUT2D eigenvalue weighted by atomic mass is 10.1. The highest BCUT2D eigenvalue weighted by molar-refractivity contribution is 7.21. The van der Waals surface area contributed by atoms with Gasteiger partial charge in [0.1, 0.15) is 16.9 Å². The molecule has 1 saturated carbocycles. The van der Waals surface area contributed by atoms with E-state index in [9.17, 15) is 15.3 Å². The minimum atomic E-state index is -1.02. The maximum atomic E-state index is 10.6. The van der Waals surface area contributed by atoms with Gasteiger partial charge in [0.25, 0.3) is 0 Å². The number of aromatic nitrogens is 3. The molecule has 34 heavy (non-hydrogen) atoms. The van der Waals surface area contributed by atoms with Gasteiger partial charge in [-0.05, 0) is 55.7 Å². The number of nitrogens with zero attached hydrogens (tertiary/aromatic N) is 3. The van der Waals surface area contributed by atoms with Crippen LogP contribution < -0.4 is 10.6 Å². The molecule has 2 aromatic carbocycles. The molecule has 1 fully saturated rings. The molecular weight excluding hydrogens is 450 g/mol. The second kappa shape index (κ2) is 9.27. The number of benzene rings is 2. The van der Waals surface area contributed by atoms with Crippen molar-refractivity contribution >= 4 is 39.0 Å². The van der Waals surface area contributed by atoms with Gasteiger partial charge in [0.2, 0.25) is 5.95 Å². The highest BCUT2D eigenvalue weighted by Crippen LogP contribution is 2.36. The van der Waals surface area contributed by atoms with Crippen molar-refractivity contribution < 1.29 is 15.3 Å². The summed E-state index contributed by atoms with van der Waals surface area (Å²) in [7, 11) is 0. The fourth-order valence-corrected chi connectivity index (χ4v) is 5.47. The molecule has 8 nitrogen and oxygen atoms in total. The van der Waals surface area contributed by atoms with E-state index in [1.807, 2.05) is 50.2 Å². The number of aliphatic hydroxyl groups is 3. The van der Waals surface area contributed by atoms with Crippen LogP contribution in [0.3, 0.4) is 0 Å². The fourth-order valence-electron chi connectivity index (χ4n) is 4.50. The SMILES string of the molecule is Cc1cc(C)cc(Nc2ncc(-c3nc4ccccc4s3)c(NC3CC(CO)C(O)C3O)n2)c1. The van der Waals surface area contributed by atoms with Crippen LogP contribution >= 0.6 is 11.3 Å². The van der Waals surface area contributed by atoms with Crippen molar-refractivity contribution in [2.75, 3.05) is 17.2 Å². The van der Waals surface area contributed by atoms with Gasteiger partial charge in [0.05, 0.1) is 27.9 Å². The third-order valence-electron chi connectivity index (χ3n) is 6.15. The number of anilines is 3. The number of nitrogens with one attached hydrogen (secondary N) is 2. The Balaban J connectivity index is 1.52. The summed E-state index contributed by atoms with van der Waals surface area (Å²) in [6, 6.07) is 13.6. The van der Waals surface area contributed by atoms with E-state index in [1.54, 1.807) is 6.20 Å². The summed E-state index contributed by atoms with van der Waals surface area (Å²) in [6.07, 6.45) is 0.121. The smallest absolute Gasteiger partial charge is 0.229 e. The molecule has 2 aromatic heterocycles. The molecule has 0 spiro atoms. The minimum absolute atomic E-state index is 0.190. The van der Waals surface area contributed by atoms with E-state index in [-0.39, 0.29) is 6.61 Å². The Hall–Kier alpha value is -3.11. The van der Waals surface area contributed by atoms with Crippen molar-refractivity contribution in [1.82, 2.24) is 15.0 Å². The van der Waals surface area contributed by atoms with Crippen LogP contribution in [0.5, 0.6) is 0 Å². The molecule has 0 amide bonds. The third-order valence-corrected chi connectivity index (χ3v) is 7.22. The van der Waals surface area contributed by atoms with Crippen LogP contribution in [0.25, 0.3) is 20.8 Å². The van der Waals surface area contributed by atoms with E-state index in [0.29, 0.717) is 23.8 Å². The van der Waals surface area contributed by atoms with Gasteiger partial charge in [-0.1, -0.05) is 18.2 Å². The summed E-state index contributed by atoms with van der Waals surface area (Å²) in [5.74, 6) is 0.521. The third kappa shape index (κ3) is 4.47. The number of rotatable bonds is 6. The molecule has 1 aliphatic carbocycles. The topological polar surface area (TPSA) is 123 Å². The average molecular weight is 478 g/mol. The largest absolute Gasteiger partial charge is 0.396 e. The van der Waals surface area contributed by atoms with E-state index in [1.165, 1.54) is 11.3 Å². The first kappa shape index (κ1) is 22.7. The number of thiazole rings is 1. The van der Waals surface area contributed by atoms with Gasteiger partial charge in [0.15, 0.2) is 0 Å². The highest BCUT2D eigenvalue weighted by Gasteiger charge is 2.41. The second-order valence-electron chi connectivity index (χ2n) is 8.85. The Bertz CT molecular complexity index is 1270. The number of fused-ring (bicyclic) bond motifs is 1. The molecule has 1 aliphatic rings. The van der Waals surface area contributed by atoms with Crippen molar-refractivity contribution in [3.63, 3.8) is 0 Å². The minimum Gasteiger partial charge on any atom is -0.396 e. The first-order chi connectivity index (χ1) is 16.4. The number of aryl methyl sites for hydroxylation is 2. The molecule has 4 aromatic rings. The second-order valence-corrected chi connectivity index (χ2v) is 9.89. The van der Waals surface area contributed by atoms with Gasteiger partial charge in [-0.2, -0.15) is 4.98 Å². The fraction of sp³-hybridized carbons (Fsp3) is 0.320. The molecule has 176 valence electrons. The number of hydrogen-bond acceptors (Lipinski definition) is 9. The summed E-state index contributed by atoms with van der Waals surface area (Å²) in [4.78, 5) is 14.0. The van der Waals surface area contributed by atoms with Crippen molar-refractivity contribution in [3.05, 3.63) is 59.8 Å². The molecule has 0 aliphatic heterocycles. The number of para-hydroxylation sites is 1. The zero-order valence-electron chi connectivity index (χ0n) is 18.9. The standard InChI is InChI=1S/C25H27N5O3S/c1-13-7-14(2)9-16(8-13)27-25-26-11-17(24-29-18-5-3-4-6-20(18)34-24)23(30-25)28-19-10-15(12-31)21(32)22(19)33/h3-9,11,15,19,21-22,31-33H,10,12H2,1-2H3,(H2,26,27,28,30). The average Bonchev–Trinajstić information content (AvgIpc) is 3.35. The molecule has 5 N–H and O–H groups in total. The first-order valence-corrected chi connectivity index (χ1v) is 12.0. The van der Waals surface area contributed by atoms with E-state index in [2.05, 4.69) is 21.7 Å². The van der Waals surface area contributed by atoms with Crippen LogP contribution in [-0.2, 0) is 0 Å². The van der Waals surface area contributed by atoms with Crippen LogP contribution in [0.2, 0.25) is 0 Å². The van der Waals surface area contributed by atoms with E-state index >= 15 is 0 Å². The molecule has 4 unspecified atom stereocenters. The van der Waals surface area contributed by atoms with Crippen LogP contribution in [0.1, 0.15) is 17.5 Å². The summed E-state index contributed by atoms with van der Waals surface area (Å²) >= 11 is 1.54. The molecule has 0 radical (unpaired) electrons. The van der Waals surface area contributed by atoms with Gasteiger partial charge in [-0.15, -0.1) is 11.3 Å². The Kier molecular flexibility index (Phi) is 6.18. The first-order valence-electron chi connectivity index (χ1n) is 11.2. The lowest BCUT2D eigenvalue weighted by Crippen LogP contribution is -2.35. The van der Waals surface area contributed by atoms with Gasteiger partial charge >= 0.3 is 0 Å². The highest BCUT2D eigenvalue weighted by atomic mass is 32.1. The Labute approximate surface area is 201 Å². The maximum absolute atomic E-state index is 10.6. The molecule has 0 saturated heterocycles. The monoisotopic (exact) mass is 477 g/mol. The molecule has 0 bridgehead atoms. The maximum Gasteiger partial charge on any atom is 0.229 e. The van der Waals surface area contributed by atoms with Crippen LogP contribution in [0, 0.1) is 19.8 Å². The molecule has 2 heterocycles. The van der Waals surface area contributed by atoms with Crippen molar-refractivity contribution in [2.45, 2.75) is 38.5 Å². The van der Waals surface area contributed by atoms with Crippen LogP contribution in [0.15, 0.2) is 48.7 Å². The van der Waals surface area contributed by atoms with Crippen molar-refractivity contribution in [3.8, 4) is 10.6 Å². The van der Waals surface area contributed by atoms with Gasteiger partial charge in [-0.25, -0.2) is 9.97 Å². The molecule has 9 heteroatoms. The quantitative estimate of drug-likeness (QED) is 0.285. The predicted octanol–water partition coefficient (Wildman–Crippen LogP) is 3.63. The van der Waals surface area contributed by atoms with Crippen molar-refractivity contribution in [1.29, 1.82) is 0 Å². The lowest BCUT2D eigenvalue weighted by Gasteiger charge is -2.20. The summed E-state index contributed by atoms with van der Waals surface area (Å²) < 4.78 is 1.05. The van der Waals surface area contributed by atoms with Gasteiger partial charge in [-0.3, -0.25) is 0 Å². The zero-order valence-corrected chi connectivity index (χ0v) is 19.8. The van der Waals surface area contributed by atoms with Crippen LogP contribution in [0.4, 0.5) is 17.5 Å². The summed E-state index contributed by atoms with van der Waals surface area (Å²) in [6.45, 7) is 3.88. The van der Waals surface area contributed by atoms with Crippen LogP contribution in [-0.4, -0.2) is 55.1 Å². The predicted molar refractivity (Wildman–Crippen MR) is 134 cm³/mol.